The predicted molar refractivity (Wildman–Crippen MR) is 67.0 cm³/mol. The zero-order chi connectivity index (χ0) is 12.7. The summed E-state index contributed by atoms with van der Waals surface area (Å²) in [7, 11) is 0. The van der Waals surface area contributed by atoms with Crippen molar-refractivity contribution in [3.63, 3.8) is 0 Å². The minimum absolute atomic E-state index is 0.473. The van der Waals surface area contributed by atoms with Crippen LogP contribution in [-0.2, 0) is 6.54 Å². The summed E-state index contributed by atoms with van der Waals surface area (Å²) in [6.07, 6.45) is 0. The number of anilines is 1. The second kappa shape index (κ2) is 3.83. The van der Waals surface area contributed by atoms with E-state index in [0.717, 1.165) is 17.2 Å². The number of nitrogens with two attached hydrogens (primary N) is 1. The molecule has 0 unspecified atom stereocenters. The van der Waals surface area contributed by atoms with Gasteiger partial charge in [0.15, 0.2) is 5.58 Å². The van der Waals surface area contributed by atoms with Crippen molar-refractivity contribution in [3.05, 3.63) is 35.7 Å². The third-order valence-corrected chi connectivity index (χ3v) is 2.70. The van der Waals surface area contributed by atoms with E-state index >= 15 is 0 Å². The first-order chi connectivity index (χ1) is 8.61. The van der Waals surface area contributed by atoms with Gasteiger partial charge in [-0.15, -0.1) is 0 Å². The van der Waals surface area contributed by atoms with Crippen LogP contribution in [0.5, 0.6) is 0 Å². The van der Waals surface area contributed by atoms with Crippen molar-refractivity contribution in [1.82, 2.24) is 19.7 Å². The first-order valence-electron chi connectivity index (χ1n) is 5.65. The summed E-state index contributed by atoms with van der Waals surface area (Å²) in [6.45, 7) is 4.23. The Kier molecular flexibility index (Phi) is 2.29. The van der Waals surface area contributed by atoms with E-state index in [1.54, 1.807) is 16.8 Å². The summed E-state index contributed by atoms with van der Waals surface area (Å²) in [6, 6.07) is 5.42. The van der Waals surface area contributed by atoms with E-state index in [-0.39, 0.29) is 0 Å². The zero-order valence-corrected chi connectivity index (χ0v) is 10.2. The lowest BCUT2D eigenvalue weighted by Crippen LogP contribution is -2.04. The van der Waals surface area contributed by atoms with Gasteiger partial charge in [-0.25, -0.2) is 14.6 Å². The van der Waals surface area contributed by atoms with Gasteiger partial charge in [0, 0.05) is 11.8 Å². The molecule has 0 atom stereocenters. The molecule has 2 heterocycles. The van der Waals surface area contributed by atoms with Gasteiger partial charge in [0.2, 0.25) is 5.89 Å². The van der Waals surface area contributed by atoms with Gasteiger partial charge in [0.1, 0.15) is 23.7 Å². The summed E-state index contributed by atoms with van der Waals surface area (Å²) in [5.41, 5.74) is 7.86. The third kappa shape index (κ3) is 1.81. The van der Waals surface area contributed by atoms with Gasteiger partial charge in [0.25, 0.3) is 0 Å². The van der Waals surface area contributed by atoms with Gasteiger partial charge in [-0.3, -0.25) is 0 Å². The summed E-state index contributed by atoms with van der Waals surface area (Å²) in [5, 5.41) is 4.27. The Labute approximate surface area is 103 Å². The lowest BCUT2D eigenvalue weighted by atomic mass is 10.3. The molecule has 0 radical (unpaired) electrons. The molecule has 0 saturated carbocycles. The van der Waals surface area contributed by atoms with Crippen LogP contribution in [0.1, 0.15) is 17.5 Å². The number of hydrogen-bond donors (Lipinski definition) is 1. The summed E-state index contributed by atoms with van der Waals surface area (Å²) in [4.78, 5) is 8.63. The molecule has 0 spiro atoms. The number of benzene rings is 1. The number of fused-ring (bicyclic) bond motifs is 1. The predicted octanol–water partition coefficient (Wildman–Crippen LogP) is 1.67. The van der Waals surface area contributed by atoms with E-state index in [9.17, 15) is 0 Å². The molecule has 6 heteroatoms. The van der Waals surface area contributed by atoms with E-state index in [2.05, 4.69) is 15.1 Å². The Hall–Kier alpha value is -2.37. The Morgan fingerprint density at radius 2 is 2.11 bits per heavy atom. The standard InChI is InChI=1S/C12H13N5O/c1-7-14-8(2)17(16-7)6-12-15-10-4-3-9(13)5-11(10)18-12/h3-5H,6,13H2,1-2H3. The van der Waals surface area contributed by atoms with Gasteiger partial charge < -0.3 is 10.2 Å². The van der Waals surface area contributed by atoms with Crippen molar-refractivity contribution in [2.24, 2.45) is 0 Å². The smallest absolute Gasteiger partial charge is 0.217 e. The highest BCUT2D eigenvalue weighted by Crippen LogP contribution is 2.19. The molecular weight excluding hydrogens is 230 g/mol. The van der Waals surface area contributed by atoms with E-state index in [1.165, 1.54) is 0 Å². The van der Waals surface area contributed by atoms with E-state index in [1.807, 2.05) is 19.9 Å². The number of aromatic nitrogens is 4. The third-order valence-electron chi connectivity index (χ3n) is 2.70. The van der Waals surface area contributed by atoms with Crippen molar-refractivity contribution in [2.45, 2.75) is 20.4 Å². The maximum Gasteiger partial charge on any atom is 0.217 e. The molecule has 0 aliphatic rings. The van der Waals surface area contributed by atoms with Crippen molar-refractivity contribution >= 4 is 16.8 Å². The van der Waals surface area contributed by atoms with Crippen molar-refractivity contribution in [2.75, 3.05) is 5.73 Å². The molecule has 0 saturated heterocycles. The Morgan fingerprint density at radius 1 is 1.28 bits per heavy atom. The molecule has 2 N–H and O–H groups in total. The van der Waals surface area contributed by atoms with Gasteiger partial charge >= 0.3 is 0 Å². The molecule has 0 fully saturated rings. The van der Waals surface area contributed by atoms with Crippen LogP contribution in [-0.4, -0.2) is 19.7 Å². The van der Waals surface area contributed by atoms with Crippen molar-refractivity contribution < 1.29 is 4.42 Å². The minimum Gasteiger partial charge on any atom is -0.439 e. The Balaban J connectivity index is 1.97. The molecule has 2 aromatic heterocycles. The highest BCUT2D eigenvalue weighted by molar-refractivity contribution is 5.76. The first kappa shape index (κ1) is 10.8. The number of hydrogen-bond acceptors (Lipinski definition) is 5. The SMILES string of the molecule is Cc1nc(C)n(Cc2nc3ccc(N)cc3o2)n1. The topological polar surface area (TPSA) is 82.8 Å². The molecule has 1 aromatic carbocycles. The second-order valence-electron chi connectivity index (χ2n) is 4.20. The number of nitrogens with zero attached hydrogens (tertiary/aromatic N) is 4. The first-order valence-corrected chi connectivity index (χ1v) is 5.65. The fourth-order valence-corrected chi connectivity index (χ4v) is 1.90. The number of nitrogen functional groups attached to an aromatic ring is 1. The normalized spacial score (nSPS) is 11.2. The van der Waals surface area contributed by atoms with Crippen LogP contribution >= 0.6 is 0 Å². The maximum absolute atomic E-state index is 5.70. The number of oxazole rings is 1. The Morgan fingerprint density at radius 3 is 2.83 bits per heavy atom. The highest BCUT2D eigenvalue weighted by atomic mass is 16.3. The maximum atomic E-state index is 5.70. The highest BCUT2D eigenvalue weighted by Gasteiger charge is 2.09. The van der Waals surface area contributed by atoms with Crippen LogP contribution in [0.4, 0.5) is 5.69 Å². The van der Waals surface area contributed by atoms with E-state index in [4.69, 9.17) is 10.2 Å². The van der Waals surface area contributed by atoms with Crippen LogP contribution in [0.15, 0.2) is 22.6 Å². The molecule has 18 heavy (non-hydrogen) atoms. The summed E-state index contributed by atoms with van der Waals surface area (Å²) >= 11 is 0. The van der Waals surface area contributed by atoms with Crippen LogP contribution in [0.2, 0.25) is 0 Å². The van der Waals surface area contributed by atoms with Crippen molar-refractivity contribution in [1.29, 1.82) is 0 Å². The molecule has 0 amide bonds. The molecular formula is C12H13N5O. The van der Waals surface area contributed by atoms with E-state index in [0.29, 0.717) is 23.7 Å². The molecule has 0 aliphatic heterocycles. The molecule has 0 aliphatic carbocycles. The average molecular weight is 243 g/mol. The minimum atomic E-state index is 0.473. The van der Waals surface area contributed by atoms with Crippen LogP contribution in [0, 0.1) is 13.8 Å². The number of aryl methyl sites for hydroxylation is 2. The van der Waals surface area contributed by atoms with Gasteiger partial charge in [-0.05, 0) is 26.0 Å². The monoisotopic (exact) mass is 243 g/mol. The summed E-state index contributed by atoms with van der Waals surface area (Å²) in [5.74, 6) is 2.19. The van der Waals surface area contributed by atoms with Gasteiger partial charge in [-0.2, -0.15) is 5.10 Å². The Bertz CT molecular complexity index is 712. The van der Waals surface area contributed by atoms with E-state index < -0.39 is 0 Å². The molecule has 3 aromatic rings. The zero-order valence-electron chi connectivity index (χ0n) is 10.2. The fraction of sp³-hybridized carbons (Fsp3) is 0.250. The lowest BCUT2D eigenvalue weighted by molar-refractivity contribution is 0.485. The largest absolute Gasteiger partial charge is 0.439 e. The second-order valence-corrected chi connectivity index (χ2v) is 4.20. The van der Waals surface area contributed by atoms with Gasteiger partial charge in [0.05, 0.1) is 0 Å². The number of rotatable bonds is 2. The quantitative estimate of drug-likeness (QED) is 0.692. The van der Waals surface area contributed by atoms with Crippen molar-refractivity contribution in [3.8, 4) is 0 Å². The van der Waals surface area contributed by atoms with Gasteiger partial charge in [-0.1, -0.05) is 0 Å². The fourth-order valence-electron chi connectivity index (χ4n) is 1.90. The molecule has 92 valence electrons. The van der Waals surface area contributed by atoms with Crippen LogP contribution in [0.25, 0.3) is 11.1 Å². The molecule has 3 rings (SSSR count). The average Bonchev–Trinajstić information content (AvgIpc) is 2.82. The van der Waals surface area contributed by atoms with Crippen LogP contribution < -0.4 is 5.73 Å². The van der Waals surface area contributed by atoms with Crippen LogP contribution in [0.3, 0.4) is 0 Å². The lowest BCUT2D eigenvalue weighted by Gasteiger charge is -1.97. The summed E-state index contributed by atoms with van der Waals surface area (Å²) < 4.78 is 7.40. The molecule has 0 bridgehead atoms. The molecule has 6 nitrogen and oxygen atoms in total.